The number of rotatable bonds is 9. The zero-order valence-electron chi connectivity index (χ0n) is 26.2. The summed E-state index contributed by atoms with van der Waals surface area (Å²) in [5, 5.41) is 11.8. The maximum atomic E-state index is 14.0. The van der Waals surface area contributed by atoms with Gasteiger partial charge in [-0.2, -0.15) is 0 Å². The molecule has 6 nitrogen and oxygen atoms in total. The van der Waals surface area contributed by atoms with Crippen molar-refractivity contribution in [1.82, 2.24) is 4.98 Å². The predicted molar refractivity (Wildman–Crippen MR) is 169 cm³/mol. The molecule has 2 atom stereocenters. The summed E-state index contributed by atoms with van der Waals surface area (Å²) < 4.78 is 32.0. The molecule has 0 aliphatic rings. The van der Waals surface area contributed by atoms with Gasteiger partial charge in [-0.3, -0.25) is 4.03 Å². The van der Waals surface area contributed by atoms with Crippen molar-refractivity contribution in [2.75, 3.05) is 6.61 Å². The number of aromatic nitrogens is 1. The Labute approximate surface area is 239 Å². The van der Waals surface area contributed by atoms with E-state index < -0.39 is 39.4 Å². The highest BCUT2D eigenvalue weighted by molar-refractivity contribution is 8.17. The Morgan fingerprint density at radius 2 is 1.30 bits per heavy atom. The maximum absolute atomic E-state index is 14.0. The van der Waals surface area contributed by atoms with Crippen LogP contribution in [0.15, 0.2) is 8.24 Å². The highest BCUT2D eigenvalue weighted by Crippen LogP contribution is 2.43. The fraction of sp³-hybridized carbons (Fsp3) is 0.880. The smallest absolute Gasteiger partial charge is 0.194 e. The summed E-state index contributed by atoms with van der Waals surface area (Å²) in [6.45, 7) is 34.1. The van der Waals surface area contributed by atoms with Crippen LogP contribution in [0.1, 0.15) is 79.9 Å². The van der Waals surface area contributed by atoms with Crippen molar-refractivity contribution in [2.24, 2.45) is 4.03 Å². The first-order valence-electron chi connectivity index (χ1n) is 13.0. The molecule has 0 bridgehead atoms. The highest BCUT2D eigenvalue weighted by atomic mass is 35.7. The summed E-state index contributed by atoms with van der Waals surface area (Å²) in [5.41, 5.74) is -0.868. The molecule has 1 rings (SSSR count). The van der Waals surface area contributed by atoms with E-state index in [1.807, 2.05) is 0 Å². The molecule has 218 valence electrons. The number of halogens is 1. The molecule has 2 unspecified atom stereocenters. The molecule has 37 heavy (non-hydrogen) atoms. The third kappa shape index (κ3) is 8.69. The van der Waals surface area contributed by atoms with E-state index >= 15 is 0 Å². The summed E-state index contributed by atoms with van der Waals surface area (Å²) >= 11 is 1.17. The molecule has 12 heteroatoms. The van der Waals surface area contributed by atoms with Crippen molar-refractivity contribution < 1.29 is 18.2 Å². The third-order valence-corrected chi connectivity index (χ3v) is 27.9. The van der Waals surface area contributed by atoms with Crippen LogP contribution >= 0.6 is 22.0 Å². The van der Waals surface area contributed by atoms with Crippen LogP contribution in [0, 0.1) is 0 Å². The molecular formula is C25H53ClN2O4S2Si3. The predicted octanol–water partition coefficient (Wildman–Crippen LogP) is 8.88. The first kappa shape index (κ1) is 35.4. The molecule has 0 saturated carbocycles. The fourth-order valence-corrected chi connectivity index (χ4v) is 12.5. The first-order valence-corrected chi connectivity index (χ1v) is 24.9. The summed E-state index contributed by atoms with van der Waals surface area (Å²) in [6.07, 6.45) is 0. The van der Waals surface area contributed by atoms with Crippen molar-refractivity contribution in [1.29, 1.82) is 0 Å². The van der Waals surface area contributed by atoms with E-state index in [0.29, 0.717) is 14.9 Å². The second-order valence-electron chi connectivity index (χ2n) is 15.0. The number of hydrogen-bond acceptors (Lipinski definition) is 7. The Kier molecular flexibility index (Phi) is 10.5. The molecule has 0 saturated heterocycles. The standard InChI is InChI=1S/C25H53ClN2O4S2Si3/c1-22(2,3)35(11,12)28-34(26,30)20-19(17-31-36(13,14)23(4,5)6)27-21(33-20)25(10,29)18-32-37(15,16)24(7,8)9/h29H,17-18H2,1-16H3. The SMILES string of the molecule is CC(O)(CO[Si](C)(C)C(C)(C)C)c1nc(CO[Si](C)(C)C(C)(C)C)c(S(=O)(Cl)=N[Si](C)(C)C(C)(C)C)s1. The molecule has 0 spiro atoms. The summed E-state index contributed by atoms with van der Waals surface area (Å²) in [5.74, 6) is 0. The van der Waals surface area contributed by atoms with E-state index in [0.717, 1.165) is 0 Å². The Balaban J connectivity index is 3.63. The molecule has 0 aliphatic carbocycles. The topological polar surface area (TPSA) is 81.0 Å². The maximum Gasteiger partial charge on any atom is 0.194 e. The average Bonchev–Trinajstić information content (AvgIpc) is 3.08. The van der Waals surface area contributed by atoms with Crippen LogP contribution in [-0.4, -0.2) is 45.8 Å². The number of aliphatic hydroxyl groups is 1. The zero-order chi connectivity index (χ0) is 29.7. The largest absolute Gasteiger partial charge is 0.413 e. The monoisotopic (exact) mass is 628 g/mol. The van der Waals surface area contributed by atoms with Crippen molar-refractivity contribution in [3.63, 3.8) is 0 Å². The van der Waals surface area contributed by atoms with Crippen LogP contribution in [0.5, 0.6) is 0 Å². The van der Waals surface area contributed by atoms with Gasteiger partial charge < -0.3 is 14.0 Å². The van der Waals surface area contributed by atoms with Gasteiger partial charge in [0.25, 0.3) is 0 Å². The van der Waals surface area contributed by atoms with Gasteiger partial charge in [-0.05, 0) is 61.3 Å². The van der Waals surface area contributed by atoms with Gasteiger partial charge in [0.15, 0.2) is 33.8 Å². The molecule has 0 radical (unpaired) electrons. The van der Waals surface area contributed by atoms with E-state index in [-0.39, 0.29) is 28.3 Å². The normalized spacial score (nSPS) is 17.9. The minimum absolute atomic E-state index is 0.00238. The van der Waals surface area contributed by atoms with Crippen LogP contribution < -0.4 is 0 Å². The van der Waals surface area contributed by atoms with Crippen LogP contribution in [0.3, 0.4) is 0 Å². The van der Waals surface area contributed by atoms with Crippen molar-refractivity contribution >= 4 is 55.8 Å². The molecule has 0 amide bonds. The quantitative estimate of drug-likeness (QED) is 0.218. The van der Waals surface area contributed by atoms with Crippen molar-refractivity contribution in [3.05, 3.63) is 10.7 Å². The third-order valence-electron chi connectivity index (χ3n) is 8.43. The lowest BCUT2D eigenvalue weighted by molar-refractivity contribution is 0.00224. The minimum atomic E-state index is -3.28. The molecule has 1 heterocycles. The van der Waals surface area contributed by atoms with Gasteiger partial charge in [-0.1, -0.05) is 62.3 Å². The number of nitrogens with zero attached hydrogens (tertiary/aromatic N) is 2. The van der Waals surface area contributed by atoms with Gasteiger partial charge in [-0.25, -0.2) is 9.19 Å². The van der Waals surface area contributed by atoms with E-state index in [9.17, 15) is 9.32 Å². The average molecular weight is 630 g/mol. The molecule has 0 aliphatic heterocycles. The molecule has 1 aromatic rings. The lowest BCUT2D eigenvalue weighted by Gasteiger charge is -2.38. The number of thiazole rings is 1. The summed E-state index contributed by atoms with van der Waals surface area (Å²) in [7, 11) is -3.07. The van der Waals surface area contributed by atoms with E-state index in [2.05, 4.69) is 102 Å². The lowest BCUT2D eigenvalue weighted by atomic mass is 10.1. The van der Waals surface area contributed by atoms with Gasteiger partial charge >= 0.3 is 0 Å². The lowest BCUT2D eigenvalue weighted by Crippen LogP contribution is -2.44. The van der Waals surface area contributed by atoms with Crippen LogP contribution in [-0.2, 0) is 30.0 Å². The highest BCUT2D eigenvalue weighted by Gasteiger charge is 2.43. The first-order chi connectivity index (χ1) is 16.0. The Hall–Kier alpha value is 0.401. The Bertz CT molecular complexity index is 1070. The summed E-state index contributed by atoms with van der Waals surface area (Å²) in [6, 6.07) is 0. The van der Waals surface area contributed by atoms with Crippen LogP contribution in [0.25, 0.3) is 0 Å². The summed E-state index contributed by atoms with van der Waals surface area (Å²) in [4.78, 5) is 4.78. The number of hydrogen-bond donors (Lipinski definition) is 1. The fourth-order valence-electron chi connectivity index (χ4n) is 2.39. The van der Waals surface area contributed by atoms with Gasteiger partial charge in [0.05, 0.1) is 18.9 Å². The second kappa shape index (κ2) is 11.0. The van der Waals surface area contributed by atoms with Crippen LogP contribution in [0.4, 0.5) is 0 Å². The van der Waals surface area contributed by atoms with E-state index in [4.69, 9.17) is 28.5 Å². The van der Waals surface area contributed by atoms with Gasteiger partial charge in [0.1, 0.15) is 14.8 Å². The van der Waals surface area contributed by atoms with E-state index in [1.54, 1.807) is 6.92 Å². The second-order valence-corrected chi connectivity index (χ2v) is 33.8. The molecule has 0 fully saturated rings. The van der Waals surface area contributed by atoms with Gasteiger partial charge in [0, 0.05) is 10.7 Å². The minimum Gasteiger partial charge on any atom is -0.413 e. The molecule has 0 aromatic carbocycles. The van der Waals surface area contributed by atoms with Crippen molar-refractivity contribution in [3.8, 4) is 0 Å². The molecule has 1 N–H and O–H groups in total. The van der Waals surface area contributed by atoms with Gasteiger partial charge in [-0.15, -0.1) is 11.3 Å². The van der Waals surface area contributed by atoms with Gasteiger partial charge in [0.2, 0.25) is 0 Å². The zero-order valence-corrected chi connectivity index (χ0v) is 31.6. The van der Waals surface area contributed by atoms with Crippen molar-refractivity contribution in [2.45, 2.75) is 140 Å². The van der Waals surface area contributed by atoms with Crippen LogP contribution in [0.2, 0.25) is 54.4 Å². The Morgan fingerprint density at radius 3 is 1.70 bits per heavy atom. The Morgan fingerprint density at radius 1 is 0.865 bits per heavy atom. The molecule has 1 aromatic heterocycles. The van der Waals surface area contributed by atoms with E-state index in [1.165, 1.54) is 11.3 Å². The molecular weight excluding hydrogens is 576 g/mol.